The van der Waals surface area contributed by atoms with Gasteiger partial charge in [-0.15, -0.1) is 0 Å². The summed E-state index contributed by atoms with van der Waals surface area (Å²) >= 11 is 0. The number of nitrogens with two attached hydrogens (primary N) is 1. The first-order valence-electron chi connectivity index (χ1n) is 11.5. The van der Waals surface area contributed by atoms with Gasteiger partial charge in [0.15, 0.2) is 0 Å². The Bertz CT molecular complexity index is 656. The van der Waals surface area contributed by atoms with E-state index >= 15 is 0 Å². The molecule has 4 atom stereocenters. The second-order valence-electron chi connectivity index (χ2n) is 10.0. The Labute approximate surface area is 187 Å². The number of amides is 3. The number of hydrogen-bond acceptors (Lipinski definition) is 5. The smallest absolute Gasteiger partial charge is 0.289 e. The lowest BCUT2D eigenvalue weighted by atomic mass is 9.86. The van der Waals surface area contributed by atoms with Crippen LogP contribution in [0.3, 0.4) is 0 Å². The third-order valence-corrected chi connectivity index (χ3v) is 6.10. The topological polar surface area (TPSA) is 122 Å². The summed E-state index contributed by atoms with van der Waals surface area (Å²) in [6, 6.07) is -2.33. The Kier molecular flexibility index (Phi) is 10.1. The zero-order valence-electron chi connectivity index (χ0n) is 20.3. The van der Waals surface area contributed by atoms with Crippen molar-refractivity contribution in [2.24, 2.45) is 23.0 Å². The second-order valence-corrected chi connectivity index (χ2v) is 10.0. The van der Waals surface area contributed by atoms with Crippen LogP contribution in [0, 0.1) is 17.3 Å². The molecular formula is C23H42N4O4. The quantitative estimate of drug-likeness (QED) is 0.447. The maximum Gasteiger partial charge on any atom is 0.289 e. The molecule has 31 heavy (non-hydrogen) atoms. The Morgan fingerprint density at radius 1 is 1.13 bits per heavy atom. The molecule has 1 aliphatic rings. The predicted molar refractivity (Wildman–Crippen MR) is 121 cm³/mol. The molecule has 0 bridgehead atoms. The first-order chi connectivity index (χ1) is 14.3. The fourth-order valence-corrected chi connectivity index (χ4v) is 3.74. The molecule has 4 N–H and O–H groups in total. The zero-order valence-corrected chi connectivity index (χ0v) is 20.3. The molecule has 0 spiro atoms. The highest BCUT2D eigenvalue weighted by molar-refractivity contribution is 6.38. The minimum Gasteiger partial charge on any atom is -0.350 e. The van der Waals surface area contributed by atoms with Crippen molar-refractivity contribution in [2.75, 3.05) is 13.1 Å². The molecule has 8 nitrogen and oxygen atoms in total. The van der Waals surface area contributed by atoms with E-state index in [1.165, 1.54) is 0 Å². The standard InChI is InChI=1S/C23H42N4O4/c1-8-10-11-16(18(28)21(30)25-9-2)26-20(29)17-12-15(14(3)4)13-27(17)22(31)19(24)23(5,6)7/h14-17,19H,8-13,24H2,1-7H3,(H,25,30)(H,26,29)/t15-,16?,17+,19-/m1/s1. The van der Waals surface area contributed by atoms with Gasteiger partial charge in [-0.05, 0) is 37.0 Å². The normalized spacial score (nSPS) is 21.0. The fraction of sp³-hybridized carbons (Fsp3) is 0.826. The lowest BCUT2D eigenvalue weighted by Gasteiger charge is -2.33. The van der Waals surface area contributed by atoms with Crippen molar-refractivity contribution in [3.63, 3.8) is 0 Å². The number of Topliss-reactive ketones (excluding diaryl/α,β-unsaturated/α-hetero) is 1. The minimum absolute atomic E-state index is 0.167. The van der Waals surface area contributed by atoms with Gasteiger partial charge in [-0.2, -0.15) is 0 Å². The van der Waals surface area contributed by atoms with Gasteiger partial charge >= 0.3 is 0 Å². The van der Waals surface area contributed by atoms with E-state index in [4.69, 9.17) is 5.73 Å². The van der Waals surface area contributed by atoms with Gasteiger partial charge in [0.05, 0.1) is 12.1 Å². The van der Waals surface area contributed by atoms with Crippen molar-refractivity contribution in [1.82, 2.24) is 15.5 Å². The molecule has 1 heterocycles. The number of rotatable bonds is 10. The molecule has 0 aromatic heterocycles. The van der Waals surface area contributed by atoms with Crippen molar-refractivity contribution in [3.05, 3.63) is 0 Å². The first-order valence-corrected chi connectivity index (χ1v) is 11.5. The summed E-state index contributed by atoms with van der Waals surface area (Å²) < 4.78 is 0. The number of hydrogen-bond donors (Lipinski definition) is 3. The van der Waals surface area contributed by atoms with E-state index in [2.05, 4.69) is 24.5 Å². The van der Waals surface area contributed by atoms with E-state index in [1.807, 2.05) is 27.7 Å². The highest BCUT2D eigenvalue weighted by Crippen LogP contribution is 2.31. The Hall–Kier alpha value is -1.96. The molecule has 1 aliphatic heterocycles. The Morgan fingerprint density at radius 2 is 1.74 bits per heavy atom. The average molecular weight is 439 g/mol. The second kappa shape index (κ2) is 11.6. The van der Waals surface area contributed by atoms with Gasteiger partial charge in [0.1, 0.15) is 6.04 Å². The molecule has 0 aromatic rings. The van der Waals surface area contributed by atoms with Crippen LogP contribution in [0.1, 0.15) is 74.1 Å². The van der Waals surface area contributed by atoms with E-state index in [-0.39, 0.29) is 11.8 Å². The highest BCUT2D eigenvalue weighted by atomic mass is 16.2. The molecule has 3 amide bonds. The van der Waals surface area contributed by atoms with Gasteiger partial charge in [0.25, 0.3) is 5.91 Å². The summed E-state index contributed by atoms with van der Waals surface area (Å²) in [4.78, 5) is 52.6. The highest BCUT2D eigenvalue weighted by Gasteiger charge is 2.44. The molecule has 1 unspecified atom stereocenters. The van der Waals surface area contributed by atoms with Crippen LogP contribution in [0.5, 0.6) is 0 Å². The van der Waals surface area contributed by atoms with Crippen LogP contribution in [-0.2, 0) is 19.2 Å². The maximum absolute atomic E-state index is 13.2. The molecule has 0 saturated carbocycles. The fourth-order valence-electron chi connectivity index (χ4n) is 3.74. The third-order valence-electron chi connectivity index (χ3n) is 6.10. The van der Waals surface area contributed by atoms with Crippen molar-refractivity contribution in [1.29, 1.82) is 0 Å². The molecule has 0 aromatic carbocycles. The van der Waals surface area contributed by atoms with Gasteiger partial charge in [-0.25, -0.2) is 0 Å². The van der Waals surface area contributed by atoms with Crippen LogP contribution in [0.25, 0.3) is 0 Å². The van der Waals surface area contributed by atoms with Crippen LogP contribution in [0.4, 0.5) is 0 Å². The number of nitrogens with zero attached hydrogens (tertiary/aromatic N) is 1. The molecule has 8 heteroatoms. The monoisotopic (exact) mass is 438 g/mol. The first kappa shape index (κ1) is 27.1. The van der Waals surface area contributed by atoms with Crippen molar-refractivity contribution < 1.29 is 19.2 Å². The summed E-state index contributed by atoms with van der Waals surface area (Å²) in [5.74, 6) is -1.52. The lowest BCUT2D eigenvalue weighted by Crippen LogP contribution is -2.57. The number of likely N-dealkylation sites (N-methyl/N-ethyl adjacent to an activating group) is 1. The summed E-state index contributed by atoms with van der Waals surface area (Å²) in [6.07, 6.45) is 2.43. The summed E-state index contributed by atoms with van der Waals surface area (Å²) in [5.41, 5.74) is 5.78. The predicted octanol–water partition coefficient (Wildman–Crippen LogP) is 1.61. The van der Waals surface area contributed by atoms with Gasteiger partial charge in [0, 0.05) is 13.1 Å². The Balaban J connectivity index is 3.08. The number of likely N-dealkylation sites (tertiary alicyclic amines) is 1. The summed E-state index contributed by atoms with van der Waals surface area (Å²) in [6.45, 7) is 14.3. The third kappa shape index (κ3) is 7.30. The van der Waals surface area contributed by atoms with E-state index in [0.29, 0.717) is 38.3 Å². The number of ketones is 1. The summed E-state index contributed by atoms with van der Waals surface area (Å²) in [7, 11) is 0. The molecule has 1 fully saturated rings. The van der Waals surface area contributed by atoms with Gasteiger partial charge in [-0.1, -0.05) is 54.4 Å². The van der Waals surface area contributed by atoms with Gasteiger partial charge in [-0.3, -0.25) is 19.2 Å². The Morgan fingerprint density at radius 3 is 2.23 bits per heavy atom. The zero-order chi connectivity index (χ0) is 23.9. The van der Waals surface area contributed by atoms with Gasteiger partial charge in [0.2, 0.25) is 17.6 Å². The van der Waals surface area contributed by atoms with Crippen molar-refractivity contribution >= 4 is 23.5 Å². The molecule has 0 radical (unpaired) electrons. The number of carbonyl (C=O) groups excluding carboxylic acids is 4. The van der Waals surface area contributed by atoms with Crippen LogP contribution in [0.2, 0.25) is 0 Å². The lowest BCUT2D eigenvalue weighted by molar-refractivity contribution is -0.143. The van der Waals surface area contributed by atoms with Gasteiger partial charge < -0.3 is 21.3 Å². The number of nitrogens with one attached hydrogen (secondary N) is 2. The van der Waals surface area contributed by atoms with Crippen LogP contribution < -0.4 is 16.4 Å². The molecule has 178 valence electrons. The van der Waals surface area contributed by atoms with E-state index in [0.717, 1.165) is 6.42 Å². The van der Waals surface area contributed by atoms with E-state index in [1.54, 1.807) is 11.8 Å². The average Bonchev–Trinajstić information content (AvgIpc) is 3.14. The molecule has 1 rings (SSSR count). The van der Waals surface area contributed by atoms with Crippen molar-refractivity contribution in [2.45, 2.75) is 92.3 Å². The number of carbonyl (C=O) groups is 4. The molecule has 1 saturated heterocycles. The van der Waals surface area contributed by atoms with Crippen LogP contribution in [0.15, 0.2) is 0 Å². The SMILES string of the molecule is CCCCC(NC(=O)[C@@H]1C[C@@H](C(C)C)CN1C(=O)[C@@H](N)C(C)(C)C)C(=O)C(=O)NCC. The van der Waals surface area contributed by atoms with E-state index in [9.17, 15) is 19.2 Å². The van der Waals surface area contributed by atoms with Crippen LogP contribution >= 0.6 is 0 Å². The molecule has 0 aliphatic carbocycles. The van der Waals surface area contributed by atoms with Crippen LogP contribution in [-0.4, -0.2) is 59.6 Å². The molecular weight excluding hydrogens is 396 g/mol. The summed E-state index contributed by atoms with van der Waals surface area (Å²) in [5, 5.41) is 5.28. The van der Waals surface area contributed by atoms with Crippen molar-refractivity contribution in [3.8, 4) is 0 Å². The number of unbranched alkanes of at least 4 members (excludes halogenated alkanes) is 1. The maximum atomic E-state index is 13.2. The largest absolute Gasteiger partial charge is 0.350 e. The minimum atomic E-state index is -0.898. The van der Waals surface area contributed by atoms with E-state index < -0.39 is 41.1 Å².